The Bertz CT molecular complexity index is 902. The fraction of sp³-hybridized carbons (Fsp3) is 0.286. The molecule has 2 aromatic rings. The number of ether oxygens (including phenoxy) is 1. The number of benzene rings is 2. The summed E-state index contributed by atoms with van der Waals surface area (Å²) in [6.45, 7) is 6.42. The maximum absolute atomic E-state index is 12.5. The average Bonchev–Trinajstić information content (AvgIpc) is 2.67. The molecule has 0 aromatic heterocycles. The lowest BCUT2D eigenvalue weighted by atomic mass is 10.1. The van der Waals surface area contributed by atoms with E-state index in [0.717, 1.165) is 6.42 Å². The first-order valence-electron chi connectivity index (χ1n) is 9.27. The molecule has 154 valence electrons. The molecule has 0 aliphatic rings. The van der Waals surface area contributed by atoms with Crippen molar-refractivity contribution in [3.63, 3.8) is 0 Å². The highest BCUT2D eigenvalue weighted by atomic mass is 79.9. The van der Waals surface area contributed by atoms with E-state index in [0.29, 0.717) is 33.6 Å². The maximum atomic E-state index is 12.5. The summed E-state index contributed by atoms with van der Waals surface area (Å²) in [6.07, 6.45) is 0.865. The summed E-state index contributed by atoms with van der Waals surface area (Å²) >= 11 is 8.66. The van der Waals surface area contributed by atoms with Crippen molar-refractivity contribution in [1.29, 1.82) is 0 Å². The molecule has 29 heavy (non-hydrogen) atoms. The van der Waals surface area contributed by atoms with Crippen LogP contribution in [0.1, 0.15) is 47.9 Å². The highest BCUT2D eigenvalue weighted by Gasteiger charge is 2.14. The molecule has 0 saturated heterocycles. The number of halogens is 1. The molecule has 0 unspecified atom stereocenters. The van der Waals surface area contributed by atoms with Gasteiger partial charge in [0.25, 0.3) is 11.8 Å². The lowest BCUT2D eigenvalue weighted by molar-refractivity contribution is 0.0952. The monoisotopic (exact) mass is 477 g/mol. The zero-order valence-electron chi connectivity index (χ0n) is 16.5. The van der Waals surface area contributed by atoms with Crippen LogP contribution < -0.4 is 20.7 Å². The van der Waals surface area contributed by atoms with E-state index in [1.54, 1.807) is 42.5 Å². The highest BCUT2D eigenvalue weighted by molar-refractivity contribution is 9.10. The number of amides is 2. The van der Waals surface area contributed by atoms with Gasteiger partial charge in [-0.1, -0.05) is 19.1 Å². The predicted octanol–water partition coefficient (Wildman–Crippen LogP) is 4.50. The smallest absolute Gasteiger partial charge is 0.257 e. The number of hydrogen-bond donors (Lipinski definition) is 3. The van der Waals surface area contributed by atoms with Gasteiger partial charge in [-0.3, -0.25) is 14.9 Å². The summed E-state index contributed by atoms with van der Waals surface area (Å²) in [7, 11) is 0. The first kappa shape index (κ1) is 22.8. The van der Waals surface area contributed by atoms with Gasteiger partial charge in [0.05, 0.1) is 21.8 Å². The normalized spacial score (nSPS) is 10.4. The van der Waals surface area contributed by atoms with Crippen molar-refractivity contribution in [1.82, 2.24) is 10.6 Å². The topological polar surface area (TPSA) is 79.5 Å². The molecular weight excluding hydrogens is 454 g/mol. The van der Waals surface area contributed by atoms with E-state index in [1.807, 2.05) is 20.8 Å². The van der Waals surface area contributed by atoms with E-state index < -0.39 is 0 Å². The average molecular weight is 478 g/mol. The Morgan fingerprint density at radius 1 is 1.14 bits per heavy atom. The van der Waals surface area contributed by atoms with Crippen molar-refractivity contribution >= 4 is 50.8 Å². The standard InChI is InChI=1S/C21H24BrN3O3S/c1-4-11-23-20(27)15-7-5-6-8-17(15)24-21(29)25-19(26)14-9-10-18(16(22)12-14)28-13(2)3/h5-10,12-13H,4,11H2,1-3H3,(H,23,27)(H2,24,25,26,29). The molecule has 2 aromatic carbocycles. The first-order valence-corrected chi connectivity index (χ1v) is 10.5. The van der Waals surface area contributed by atoms with Gasteiger partial charge < -0.3 is 15.4 Å². The zero-order chi connectivity index (χ0) is 21.4. The van der Waals surface area contributed by atoms with E-state index in [4.69, 9.17) is 17.0 Å². The Labute approximate surface area is 184 Å². The minimum atomic E-state index is -0.368. The molecule has 0 fully saturated rings. The van der Waals surface area contributed by atoms with Crippen molar-refractivity contribution in [2.24, 2.45) is 0 Å². The second-order valence-corrected chi connectivity index (χ2v) is 7.78. The zero-order valence-corrected chi connectivity index (χ0v) is 18.9. The fourth-order valence-corrected chi connectivity index (χ4v) is 3.12. The van der Waals surface area contributed by atoms with Gasteiger partial charge in [0.2, 0.25) is 0 Å². The van der Waals surface area contributed by atoms with Crippen LogP contribution in [0.3, 0.4) is 0 Å². The predicted molar refractivity (Wildman–Crippen MR) is 123 cm³/mol. The van der Waals surface area contributed by atoms with Crippen LogP contribution in [0.15, 0.2) is 46.9 Å². The first-order chi connectivity index (χ1) is 13.8. The Balaban J connectivity index is 2.05. The number of para-hydroxylation sites is 1. The Hall–Kier alpha value is -2.45. The SMILES string of the molecule is CCCNC(=O)c1ccccc1NC(=S)NC(=O)c1ccc(OC(C)C)c(Br)c1. The summed E-state index contributed by atoms with van der Waals surface area (Å²) in [5, 5.41) is 8.48. The van der Waals surface area contributed by atoms with E-state index in [2.05, 4.69) is 31.9 Å². The number of nitrogens with one attached hydrogen (secondary N) is 3. The summed E-state index contributed by atoms with van der Waals surface area (Å²) < 4.78 is 6.33. The van der Waals surface area contributed by atoms with Gasteiger partial charge in [-0.15, -0.1) is 0 Å². The van der Waals surface area contributed by atoms with E-state index >= 15 is 0 Å². The molecule has 0 bridgehead atoms. The Kier molecular flexibility index (Phi) is 8.60. The van der Waals surface area contributed by atoms with Gasteiger partial charge in [0.1, 0.15) is 5.75 Å². The van der Waals surface area contributed by atoms with Crippen molar-refractivity contribution in [2.45, 2.75) is 33.3 Å². The van der Waals surface area contributed by atoms with E-state index in [1.165, 1.54) is 0 Å². The Morgan fingerprint density at radius 3 is 2.52 bits per heavy atom. The quantitative estimate of drug-likeness (QED) is 0.511. The van der Waals surface area contributed by atoms with Gasteiger partial charge in [-0.05, 0) is 78.7 Å². The molecule has 0 atom stereocenters. The highest BCUT2D eigenvalue weighted by Crippen LogP contribution is 2.27. The van der Waals surface area contributed by atoms with Crippen LogP contribution in [-0.2, 0) is 0 Å². The van der Waals surface area contributed by atoms with Crippen molar-refractivity contribution < 1.29 is 14.3 Å². The number of carbonyl (C=O) groups excluding carboxylic acids is 2. The third-order valence-corrected chi connectivity index (χ3v) is 4.56. The largest absolute Gasteiger partial charge is 0.490 e. The lowest BCUT2D eigenvalue weighted by Gasteiger charge is -2.14. The number of rotatable bonds is 7. The van der Waals surface area contributed by atoms with Gasteiger partial charge in [-0.25, -0.2) is 0 Å². The van der Waals surface area contributed by atoms with Crippen LogP contribution in [0.5, 0.6) is 5.75 Å². The number of thiocarbonyl (C=S) groups is 1. The van der Waals surface area contributed by atoms with Crippen LogP contribution in [0.2, 0.25) is 0 Å². The second kappa shape index (κ2) is 10.9. The van der Waals surface area contributed by atoms with Crippen molar-refractivity contribution in [3.8, 4) is 5.75 Å². The van der Waals surface area contributed by atoms with E-state index in [-0.39, 0.29) is 23.0 Å². The van der Waals surface area contributed by atoms with Crippen molar-refractivity contribution in [3.05, 3.63) is 58.1 Å². The van der Waals surface area contributed by atoms with Crippen molar-refractivity contribution in [2.75, 3.05) is 11.9 Å². The van der Waals surface area contributed by atoms with Gasteiger partial charge in [0, 0.05) is 12.1 Å². The van der Waals surface area contributed by atoms with Gasteiger partial charge in [-0.2, -0.15) is 0 Å². The molecule has 0 spiro atoms. The van der Waals surface area contributed by atoms with Crippen LogP contribution >= 0.6 is 28.1 Å². The molecule has 0 heterocycles. The Morgan fingerprint density at radius 2 is 1.86 bits per heavy atom. The molecule has 0 aliphatic heterocycles. The molecule has 0 radical (unpaired) electrons. The van der Waals surface area contributed by atoms with Crippen LogP contribution in [-0.4, -0.2) is 29.6 Å². The minimum absolute atomic E-state index is 0.0253. The van der Waals surface area contributed by atoms with E-state index in [9.17, 15) is 9.59 Å². The minimum Gasteiger partial charge on any atom is -0.490 e. The molecule has 6 nitrogen and oxygen atoms in total. The van der Waals surface area contributed by atoms with Gasteiger partial charge >= 0.3 is 0 Å². The van der Waals surface area contributed by atoms with Crippen LogP contribution in [0.4, 0.5) is 5.69 Å². The molecule has 2 rings (SSSR count). The molecule has 8 heteroatoms. The maximum Gasteiger partial charge on any atom is 0.257 e. The third kappa shape index (κ3) is 6.83. The number of carbonyl (C=O) groups is 2. The molecule has 0 saturated carbocycles. The third-order valence-electron chi connectivity index (χ3n) is 3.74. The van der Waals surface area contributed by atoms with Crippen LogP contribution in [0, 0.1) is 0 Å². The number of anilines is 1. The lowest BCUT2D eigenvalue weighted by Crippen LogP contribution is -2.35. The fourth-order valence-electron chi connectivity index (χ4n) is 2.44. The molecule has 3 N–H and O–H groups in total. The number of hydrogen-bond acceptors (Lipinski definition) is 4. The summed E-state index contributed by atoms with van der Waals surface area (Å²) in [5.74, 6) is 0.0882. The second-order valence-electron chi connectivity index (χ2n) is 6.52. The van der Waals surface area contributed by atoms with Gasteiger partial charge in [0.15, 0.2) is 5.11 Å². The molecule has 2 amide bonds. The molecule has 0 aliphatic carbocycles. The molecular formula is C21H24BrN3O3S. The summed E-state index contributed by atoms with van der Waals surface area (Å²) in [5.41, 5.74) is 1.40. The summed E-state index contributed by atoms with van der Waals surface area (Å²) in [4.78, 5) is 24.8. The van der Waals surface area contributed by atoms with Crippen LogP contribution in [0.25, 0.3) is 0 Å². The summed E-state index contributed by atoms with van der Waals surface area (Å²) in [6, 6.07) is 12.0.